The summed E-state index contributed by atoms with van der Waals surface area (Å²) < 4.78 is 6.36. The Morgan fingerprint density at radius 1 is 0.279 bits per heavy atom. The molecule has 2 aliphatic rings. The quantitative estimate of drug-likeness (QED) is 0.177. The number of para-hydroxylation sites is 1. The molecule has 0 unspecified atom stereocenters. The molecule has 2 aliphatic carbocycles. The van der Waals surface area contributed by atoms with Gasteiger partial charge < -0.3 is 4.42 Å². The van der Waals surface area contributed by atoms with Gasteiger partial charge >= 0.3 is 0 Å². The van der Waals surface area contributed by atoms with Crippen molar-refractivity contribution < 1.29 is 4.42 Å². The zero-order chi connectivity index (χ0) is 44.8. The number of furan rings is 1. The van der Waals surface area contributed by atoms with Gasteiger partial charge in [-0.25, -0.2) is 9.97 Å². The lowest BCUT2D eigenvalue weighted by molar-refractivity contribution is 0.669. The molecule has 0 bridgehead atoms. The van der Waals surface area contributed by atoms with Crippen LogP contribution in [0.1, 0.15) is 22.3 Å². The van der Waals surface area contributed by atoms with Gasteiger partial charge in [-0.05, 0) is 108 Å². The van der Waals surface area contributed by atoms with Gasteiger partial charge in [-0.3, -0.25) is 0 Å². The molecule has 68 heavy (non-hydrogen) atoms. The van der Waals surface area contributed by atoms with Crippen molar-refractivity contribution in [3.63, 3.8) is 0 Å². The van der Waals surface area contributed by atoms with Gasteiger partial charge in [-0.15, -0.1) is 0 Å². The fourth-order valence-electron chi connectivity index (χ4n) is 11.5. The maximum atomic E-state index is 6.36. The molecule has 10 aromatic carbocycles. The van der Waals surface area contributed by atoms with Crippen LogP contribution in [0, 0.1) is 0 Å². The number of aromatic nitrogens is 2. The summed E-state index contributed by atoms with van der Waals surface area (Å²) >= 11 is 0. The molecule has 0 atom stereocenters. The van der Waals surface area contributed by atoms with Crippen molar-refractivity contribution in [2.45, 2.75) is 5.41 Å². The fraction of sp³-hybridized carbons (Fsp3) is 0.0154. The lowest BCUT2D eigenvalue weighted by Crippen LogP contribution is -2.30. The second-order valence-electron chi connectivity index (χ2n) is 17.9. The third-order valence-corrected chi connectivity index (χ3v) is 14.3. The molecule has 3 nitrogen and oxygen atoms in total. The highest BCUT2D eigenvalue weighted by molar-refractivity contribution is 6.06. The molecular weight excluding hydrogens is 825 g/mol. The molecule has 0 aliphatic heterocycles. The fourth-order valence-corrected chi connectivity index (χ4v) is 11.5. The van der Waals surface area contributed by atoms with E-state index in [-0.39, 0.29) is 0 Å². The first-order valence-corrected chi connectivity index (χ1v) is 23.3. The van der Waals surface area contributed by atoms with E-state index in [2.05, 4.69) is 224 Å². The molecule has 0 saturated carbocycles. The lowest BCUT2D eigenvalue weighted by atomic mass is 9.63. The average molecular weight is 865 g/mol. The molecule has 2 heterocycles. The van der Waals surface area contributed by atoms with E-state index in [1.165, 1.54) is 72.3 Å². The van der Waals surface area contributed by atoms with E-state index in [4.69, 9.17) is 14.4 Å². The molecule has 0 radical (unpaired) electrons. The second kappa shape index (κ2) is 15.1. The van der Waals surface area contributed by atoms with Gasteiger partial charge in [0.2, 0.25) is 0 Å². The monoisotopic (exact) mass is 864 g/mol. The molecule has 316 valence electrons. The standard InChI is InChI=1S/C65H40N2O/c1-2-18-41(19-3-1)59-40-60(67-64(66-59)44-36-37-54-53-29-11-15-35-61(53)68-62(54)39-44)43-21-16-20-42(38-43)45-30-17-31-55-52-28-10-14-34-58(52)65(63(45)55)56-32-12-8-26-50(56)48-24-6-4-22-46(48)47-23-5-7-25-49(47)51-27-9-13-33-57(51)65/h1-40H. The molecule has 2 aromatic heterocycles. The van der Waals surface area contributed by atoms with Crippen LogP contribution in [0.4, 0.5) is 0 Å². The van der Waals surface area contributed by atoms with Crippen LogP contribution >= 0.6 is 0 Å². The van der Waals surface area contributed by atoms with E-state index in [1.54, 1.807) is 0 Å². The van der Waals surface area contributed by atoms with Crippen LogP contribution in [-0.2, 0) is 5.41 Å². The summed E-state index contributed by atoms with van der Waals surface area (Å²) in [5.74, 6) is 0.642. The van der Waals surface area contributed by atoms with Crippen LogP contribution < -0.4 is 0 Å². The topological polar surface area (TPSA) is 38.9 Å². The molecular formula is C65H40N2O. The Labute approximate surface area is 394 Å². The van der Waals surface area contributed by atoms with E-state index in [9.17, 15) is 0 Å². The minimum atomic E-state index is -0.700. The molecule has 3 heteroatoms. The van der Waals surface area contributed by atoms with Crippen molar-refractivity contribution in [2.75, 3.05) is 0 Å². The number of hydrogen-bond donors (Lipinski definition) is 0. The van der Waals surface area contributed by atoms with Crippen molar-refractivity contribution in [2.24, 2.45) is 0 Å². The first kappa shape index (κ1) is 38.4. The Hall–Kier alpha value is -8.92. The summed E-state index contributed by atoms with van der Waals surface area (Å²) in [6, 6.07) is 88.2. The van der Waals surface area contributed by atoms with Crippen LogP contribution in [0.3, 0.4) is 0 Å². The molecule has 14 rings (SSSR count). The highest BCUT2D eigenvalue weighted by atomic mass is 16.3. The number of hydrogen-bond acceptors (Lipinski definition) is 3. The summed E-state index contributed by atoms with van der Waals surface area (Å²) in [7, 11) is 0. The Bertz CT molecular complexity index is 3900. The summed E-state index contributed by atoms with van der Waals surface area (Å²) in [5.41, 5.74) is 22.8. The van der Waals surface area contributed by atoms with E-state index in [0.29, 0.717) is 5.82 Å². The summed E-state index contributed by atoms with van der Waals surface area (Å²) in [6.07, 6.45) is 0. The zero-order valence-electron chi connectivity index (χ0n) is 36.9. The molecule has 12 aromatic rings. The highest BCUT2D eigenvalue weighted by Gasteiger charge is 2.50. The van der Waals surface area contributed by atoms with Crippen LogP contribution in [0.2, 0.25) is 0 Å². The average Bonchev–Trinajstić information content (AvgIpc) is 3.95. The predicted octanol–water partition coefficient (Wildman–Crippen LogP) is 16.7. The molecule has 0 N–H and O–H groups in total. The minimum absolute atomic E-state index is 0.642. The van der Waals surface area contributed by atoms with Gasteiger partial charge in [-0.1, -0.05) is 212 Å². The van der Waals surface area contributed by atoms with Gasteiger partial charge in [0.25, 0.3) is 0 Å². The van der Waals surface area contributed by atoms with Crippen molar-refractivity contribution >= 4 is 21.9 Å². The van der Waals surface area contributed by atoms with Crippen LogP contribution in [0.15, 0.2) is 247 Å². The van der Waals surface area contributed by atoms with Crippen LogP contribution in [0.25, 0.3) is 111 Å². The van der Waals surface area contributed by atoms with E-state index < -0.39 is 5.41 Å². The Balaban J connectivity index is 1.02. The molecule has 0 saturated heterocycles. The maximum absolute atomic E-state index is 6.36. The maximum Gasteiger partial charge on any atom is 0.160 e. The molecule has 1 spiro atoms. The zero-order valence-corrected chi connectivity index (χ0v) is 36.9. The summed E-state index contributed by atoms with van der Waals surface area (Å²) in [6.45, 7) is 0. The van der Waals surface area contributed by atoms with Gasteiger partial charge in [0.1, 0.15) is 11.2 Å². The largest absolute Gasteiger partial charge is 0.456 e. The Morgan fingerprint density at radius 3 is 1.40 bits per heavy atom. The first-order valence-electron chi connectivity index (χ1n) is 23.3. The third-order valence-electron chi connectivity index (χ3n) is 14.3. The summed E-state index contributed by atoms with van der Waals surface area (Å²) in [5, 5.41) is 2.17. The smallest absolute Gasteiger partial charge is 0.160 e. The number of rotatable bonds is 4. The van der Waals surface area contributed by atoms with Crippen LogP contribution in [-0.4, -0.2) is 9.97 Å². The van der Waals surface area contributed by atoms with Crippen molar-refractivity contribution in [3.05, 3.63) is 265 Å². The Morgan fingerprint density at radius 2 is 0.735 bits per heavy atom. The normalized spacial score (nSPS) is 12.8. The molecule has 0 amide bonds. The first-order chi connectivity index (χ1) is 33.7. The van der Waals surface area contributed by atoms with Crippen molar-refractivity contribution in [1.29, 1.82) is 0 Å². The van der Waals surface area contributed by atoms with Crippen LogP contribution in [0.5, 0.6) is 0 Å². The summed E-state index contributed by atoms with van der Waals surface area (Å²) in [4.78, 5) is 10.6. The van der Waals surface area contributed by atoms with Gasteiger partial charge in [0, 0.05) is 27.5 Å². The Kier molecular flexibility index (Phi) is 8.50. The number of benzene rings is 10. The SMILES string of the molecule is c1ccc(-c2cc(-c3cccc(-c4cccc5c4C4(c6ccccc6-c6ccccc6-c6ccccc6-c6ccccc64)c4ccccc4-5)c3)nc(-c3ccc4c(c3)oc3ccccc34)n2)cc1. The number of fused-ring (bicyclic) bond motifs is 17. The van der Waals surface area contributed by atoms with E-state index in [0.717, 1.165) is 55.6 Å². The minimum Gasteiger partial charge on any atom is -0.456 e. The second-order valence-corrected chi connectivity index (χ2v) is 17.9. The third kappa shape index (κ3) is 5.66. The van der Waals surface area contributed by atoms with Gasteiger partial charge in [0.05, 0.1) is 16.8 Å². The van der Waals surface area contributed by atoms with E-state index in [1.807, 2.05) is 18.2 Å². The molecule has 0 fully saturated rings. The van der Waals surface area contributed by atoms with Crippen molar-refractivity contribution in [1.82, 2.24) is 9.97 Å². The van der Waals surface area contributed by atoms with Gasteiger partial charge in [-0.2, -0.15) is 0 Å². The van der Waals surface area contributed by atoms with Gasteiger partial charge in [0.15, 0.2) is 5.82 Å². The predicted molar refractivity (Wildman–Crippen MR) is 278 cm³/mol. The number of nitrogens with zero attached hydrogens (tertiary/aromatic N) is 2. The highest BCUT2D eigenvalue weighted by Crippen LogP contribution is 2.62. The van der Waals surface area contributed by atoms with E-state index >= 15 is 0 Å². The van der Waals surface area contributed by atoms with Crippen molar-refractivity contribution in [3.8, 4) is 89.5 Å². The lowest BCUT2D eigenvalue weighted by Gasteiger charge is -2.38.